The number of methoxy groups -OCH3 is 2. The monoisotopic (exact) mass is 502 g/mol. The van der Waals surface area contributed by atoms with Gasteiger partial charge >= 0.3 is 17.1 Å². The Balaban J connectivity index is 2.32. The van der Waals surface area contributed by atoms with E-state index < -0.39 is 28.5 Å². The smallest absolute Gasteiger partial charge is 0.326 e. The number of unbranched alkanes of at least 4 members (excludes halogenated alkanes) is 1. The zero-order chi connectivity index (χ0) is 25.8. The molecule has 0 bridgehead atoms. The summed E-state index contributed by atoms with van der Waals surface area (Å²) < 4.78 is 36.0. The van der Waals surface area contributed by atoms with Crippen LogP contribution in [-0.4, -0.2) is 40.7 Å². The summed E-state index contributed by atoms with van der Waals surface area (Å²) in [5.41, 5.74) is -0.760. The summed E-state index contributed by atoms with van der Waals surface area (Å²) in [6.07, 6.45) is 5.48. The number of nitrogens with zero attached hydrogens (tertiary/aromatic N) is 1. The molecule has 0 aliphatic rings. The van der Waals surface area contributed by atoms with Crippen molar-refractivity contribution in [3.05, 3.63) is 30.6 Å². The Hall–Kier alpha value is -3.24. The number of benzene rings is 2. The number of hydrogen-bond donors (Lipinski definition) is 1. The summed E-state index contributed by atoms with van der Waals surface area (Å²) in [5, 5.41) is 0.862. The number of ether oxygens (including phenoxy) is 4. The van der Waals surface area contributed by atoms with Crippen LogP contribution in [0, 0.1) is 5.41 Å². The number of fused-ring (bicyclic) bond motifs is 1. The third-order valence-corrected chi connectivity index (χ3v) is 6.84. The van der Waals surface area contributed by atoms with Gasteiger partial charge in [0, 0.05) is 24.7 Å². The van der Waals surface area contributed by atoms with Gasteiger partial charge in [-0.2, -0.15) is 4.98 Å². The van der Waals surface area contributed by atoms with Crippen LogP contribution >= 0.6 is 0 Å². The third kappa shape index (κ3) is 5.38. The molecule has 10 heteroatoms. The van der Waals surface area contributed by atoms with E-state index in [-0.39, 0.29) is 38.4 Å². The molecule has 0 aliphatic heterocycles. The van der Waals surface area contributed by atoms with E-state index in [0.29, 0.717) is 11.8 Å². The number of imidazole rings is 1. The second-order valence-electron chi connectivity index (χ2n) is 8.54. The fourth-order valence-corrected chi connectivity index (χ4v) is 4.80. The van der Waals surface area contributed by atoms with Crippen molar-refractivity contribution in [3.8, 4) is 23.0 Å². The highest BCUT2D eigenvalue weighted by Gasteiger charge is 2.35. The van der Waals surface area contributed by atoms with Gasteiger partial charge in [0.05, 0.1) is 36.2 Å². The maximum Gasteiger partial charge on any atom is 0.326 e. The molecule has 1 aromatic heterocycles. The number of esters is 2. The zero-order valence-corrected chi connectivity index (χ0v) is 21.5. The maximum atomic E-state index is 13.4. The largest absolute Gasteiger partial charge is 0.604 e. The Bertz CT molecular complexity index is 1210. The standard InChI is InChI=1S/C25H30N2O7S/c1-7-8-12-25(3,4)23(29)34-19-16-10-9-11-17(35(30)24-26-13-14-27-24)18(16)20(33-15(2)28)22(32-6)21(19)31-5/h9-11,13-14H,7-8,12H2,1-6H3,(H,26,27). The predicted molar refractivity (Wildman–Crippen MR) is 131 cm³/mol. The third-order valence-electron chi connectivity index (χ3n) is 5.52. The summed E-state index contributed by atoms with van der Waals surface area (Å²) >= 11 is -1.77. The Labute approximate surface area is 207 Å². The minimum absolute atomic E-state index is 0.00685. The summed E-state index contributed by atoms with van der Waals surface area (Å²) in [6.45, 7) is 6.94. The van der Waals surface area contributed by atoms with E-state index in [1.165, 1.54) is 27.3 Å². The number of nitrogens with one attached hydrogen (secondary N) is 1. The van der Waals surface area contributed by atoms with Gasteiger partial charge in [-0.3, -0.25) is 9.59 Å². The molecule has 0 saturated carbocycles. The molecule has 188 valence electrons. The average Bonchev–Trinajstić information content (AvgIpc) is 3.37. The quantitative estimate of drug-likeness (QED) is 0.238. The molecule has 1 atom stereocenters. The van der Waals surface area contributed by atoms with Gasteiger partial charge in [-0.25, -0.2) is 0 Å². The van der Waals surface area contributed by atoms with Crippen molar-refractivity contribution in [2.45, 2.75) is 57.0 Å². The van der Waals surface area contributed by atoms with E-state index in [1.807, 2.05) is 13.8 Å². The van der Waals surface area contributed by atoms with Crippen molar-refractivity contribution < 1.29 is 33.1 Å². The summed E-state index contributed by atoms with van der Waals surface area (Å²) in [5.74, 6) is -0.860. The van der Waals surface area contributed by atoms with Crippen molar-refractivity contribution in [2.75, 3.05) is 14.2 Å². The molecule has 3 rings (SSSR count). The van der Waals surface area contributed by atoms with Gasteiger partial charge in [-0.05, 0) is 32.4 Å². The Morgan fingerprint density at radius 3 is 2.34 bits per heavy atom. The van der Waals surface area contributed by atoms with E-state index in [4.69, 9.17) is 18.9 Å². The second-order valence-corrected chi connectivity index (χ2v) is 9.90. The normalized spacial score (nSPS) is 12.3. The zero-order valence-electron chi connectivity index (χ0n) is 20.7. The first-order valence-electron chi connectivity index (χ1n) is 11.2. The van der Waals surface area contributed by atoms with Gasteiger partial charge in [-0.1, -0.05) is 25.8 Å². The lowest BCUT2D eigenvalue weighted by Gasteiger charge is -2.25. The number of carbonyl (C=O) groups is 2. The molecule has 1 N–H and O–H groups in total. The highest BCUT2D eigenvalue weighted by atomic mass is 32.2. The number of H-pyrrole nitrogens is 1. The number of aromatic amines is 1. The van der Waals surface area contributed by atoms with E-state index >= 15 is 0 Å². The average molecular weight is 503 g/mol. The van der Waals surface area contributed by atoms with Crippen LogP contribution in [0.5, 0.6) is 23.0 Å². The minimum atomic E-state index is -1.77. The Morgan fingerprint density at radius 1 is 1.09 bits per heavy atom. The van der Waals surface area contributed by atoms with Gasteiger partial charge in [0.1, 0.15) is 0 Å². The van der Waals surface area contributed by atoms with Gasteiger partial charge in [-0.15, -0.1) is 0 Å². The number of rotatable bonds is 10. The van der Waals surface area contributed by atoms with Crippen molar-refractivity contribution in [1.29, 1.82) is 0 Å². The topological polar surface area (TPSA) is 123 Å². The van der Waals surface area contributed by atoms with Crippen LogP contribution in [0.2, 0.25) is 0 Å². The molecule has 1 unspecified atom stereocenters. The lowest BCUT2D eigenvalue weighted by atomic mass is 9.87. The van der Waals surface area contributed by atoms with Gasteiger partial charge in [0.15, 0.2) is 16.4 Å². The highest BCUT2D eigenvalue weighted by molar-refractivity contribution is 7.91. The molecule has 2 aromatic carbocycles. The second kappa shape index (κ2) is 11.0. The molecule has 1 heterocycles. The van der Waals surface area contributed by atoms with Crippen molar-refractivity contribution >= 4 is 33.9 Å². The molecular weight excluding hydrogens is 472 g/mol. The van der Waals surface area contributed by atoms with Gasteiger partial charge in [0.25, 0.3) is 0 Å². The van der Waals surface area contributed by atoms with Crippen LogP contribution in [0.4, 0.5) is 0 Å². The summed E-state index contributed by atoms with van der Waals surface area (Å²) in [6, 6.07) is 4.97. The number of aromatic nitrogens is 2. The summed E-state index contributed by atoms with van der Waals surface area (Å²) in [7, 11) is 2.77. The van der Waals surface area contributed by atoms with Crippen molar-refractivity contribution in [3.63, 3.8) is 0 Å². The molecule has 0 radical (unpaired) electrons. The molecule has 0 amide bonds. The van der Waals surface area contributed by atoms with Crippen molar-refractivity contribution in [1.82, 2.24) is 9.97 Å². The fourth-order valence-electron chi connectivity index (χ4n) is 3.67. The van der Waals surface area contributed by atoms with Crippen molar-refractivity contribution in [2.24, 2.45) is 5.41 Å². The summed E-state index contributed by atoms with van der Waals surface area (Å²) in [4.78, 5) is 32.5. The van der Waals surface area contributed by atoms with Crippen LogP contribution in [0.3, 0.4) is 0 Å². The van der Waals surface area contributed by atoms with Crippen LogP contribution in [0.25, 0.3) is 10.8 Å². The molecule has 0 aliphatic carbocycles. The number of carbonyl (C=O) groups excluding carboxylic acids is 2. The molecule has 0 saturated heterocycles. The lowest BCUT2D eigenvalue weighted by Crippen LogP contribution is -2.29. The molecule has 3 aromatic rings. The first-order valence-corrected chi connectivity index (χ1v) is 12.3. The molecular formula is C25H30N2O7S. The minimum Gasteiger partial charge on any atom is -0.604 e. The van der Waals surface area contributed by atoms with Crippen LogP contribution in [0.1, 0.15) is 47.0 Å². The predicted octanol–water partition coefficient (Wildman–Crippen LogP) is 4.79. The van der Waals surface area contributed by atoms with Crippen LogP contribution < -0.4 is 18.9 Å². The molecule has 0 spiro atoms. The highest BCUT2D eigenvalue weighted by Crippen LogP contribution is 2.53. The molecule has 35 heavy (non-hydrogen) atoms. The SMILES string of the molecule is CCCCC(C)(C)C(=O)Oc1c(OC)c(OC)c(OC(C)=O)c2c([S+]([O-])c3ncc[nH]3)cccc12. The fraction of sp³-hybridized carbons (Fsp3) is 0.400. The van der Waals surface area contributed by atoms with Gasteiger partial charge < -0.3 is 28.5 Å². The first kappa shape index (κ1) is 26.4. The Morgan fingerprint density at radius 2 is 1.77 bits per heavy atom. The maximum absolute atomic E-state index is 13.4. The van der Waals surface area contributed by atoms with Crippen LogP contribution in [-0.2, 0) is 20.8 Å². The van der Waals surface area contributed by atoms with Crippen LogP contribution in [0.15, 0.2) is 40.6 Å². The van der Waals surface area contributed by atoms with E-state index in [1.54, 1.807) is 24.4 Å². The first-order chi connectivity index (χ1) is 16.7. The number of hydrogen-bond acceptors (Lipinski definition) is 8. The van der Waals surface area contributed by atoms with Gasteiger partial charge in [0.2, 0.25) is 11.5 Å². The lowest BCUT2D eigenvalue weighted by molar-refractivity contribution is -0.144. The molecule has 0 fully saturated rings. The van der Waals surface area contributed by atoms with E-state index in [9.17, 15) is 14.1 Å². The Kier molecular flexibility index (Phi) is 8.29. The van der Waals surface area contributed by atoms with E-state index in [0.717, 1.165) is 12.8 Å². The molecule has 9 nitrogen and oxygen atoms in total. The van der Waals surface area contributed by atoms with E-state index in [2.05, 4.69) is 16.9 Å².